The molecule has 0 radical (unpaired) electrons. The zero-order valence-corrected chi connectivity index (χ0v) is 12.3. The van der Waals surface area contributed by atoms with E-state index >= 15 is 0 Å². The molecule has 0 saturated heterocycles. The van der Waals surface area contributed by atoms with E-state index in [9.17, 15) is 18.0 Å². The van der Waals surface area contributed by atoms with Gasteiger partial charge in [-0.25, -0.2) is 4.79 Å². The van der Waals surface area contributed by atoms with E-state index < -0.39 is 18.8 Å². The number of alkyl halides is 3. The summed E-state index contributed by atoms with van der Waals surface area (Å²) in [7, 11) is 1.80. The van der Waals surface area contributed by atoms with Crippen LogP contribution in [0, 0.1) is 13.8 Å². The van der Waals surface area contributed by atoms with Crippen molar-refractivity contribution in [2.45, 2.75) is 45.5 Å². The summed E-state index contributed by atoms with van der Waals surface area (Å²) in [6, 6.07) is -0.644. The fraction of sp³-hybridized carbons (Fsp3) is 0.692. The standard InChI is InChI=1S/C13H19F3N4O/c1-8-11(9(2)19(3)18-8)6-20(10-4-5-10)12(21)17-7-13(14,15)16/h10H,4-7H2,1-3H3,(H,17,21). The molecule has 8 heteroatoms. The van der Waals surface area contributed by atoms with Gasteiger partial charge in [0, 0.05) is 24.3 Å². The number of aryl methyl sites for hydroxylation is 2. The van der Waals surface area contributed by atoms with E-state index in [0.717, 1.165) is 29.8 Å². The first-order chi connectivity index (χ1) is 9.69. The number of rotatable bonds is 4. The monoisotopic (exact) mass is 304 g/mol. The van der Waals surface area contributed by atoms with Crippen molar-refractivity contribution in [1.82, 2.24) is 20.0 Å². The van der Waals surface area contributed by atoms with Crippen LogP contribution in [0.2, 0.25) is 0 Å². The molecule has 21 heavy (non-hydrogen) atoms. The molecule has 0 atom stereocenters. The Hall–Kier alpha value is -1.73. The summed E-state index contributed by atoms with van der Waals surface area (Å²) in [6.07, 6.45) is -2.74. The fourth-order valence-corrected chi connectivity index (χ4v) is 2.25. The van der Waals surface area contributed by atoms with Gasteiger partial charge in [0.05, 0.1) is 12.2 Å². The van der Waals surface area contributed by atoms with Crippen molar-refractivity contribution in [1.29, 1.82) is 0 Å². The van der Waals surface area contributed by atoms with E-state index in [4.69, 9.17) is 0 Å². The third-order valence-electron chi connectivity index (χ3n) is 3.68. The van der Waals surface area contributed by atoms with Crippen molar-refractivity contribution in [2.24, 2.45) is 7.05 Å². The Balaban J connectivity index is 2.07. The number of urea groups is 1. The minimum absolute atomic E-state index is 0.0252. The number of amides is 2. The van der Waals surface area contributed by atoms with Crippen LogP contribution in [0.4, 0.5) is 18.0 Å². The predicted molar refractivity (Wildman–Crippen MR) is 70.7 cm³/mol. The van der Waals surface area contributed by atoms with Crippen molar-refractivity contribution < 1.29 is 18.0 Å². The lowest BCUT2D eigenvalue weighted by atomic mass is 10.2. The lowest BCUT2D eigenvalue weighted by molar-refractivity contribution is -0.123. The van der Waals surface area contributed by atoms with Crippen LogP contribution < -0.4 is 5.32 Å². The summed E-state index contributed by atoms with van der Waals surface area (Å²) in [4.78, 5) is 13.5. The van der Waals surface area contributed by atoms with Crippen LogP contribution in [0.15, 0.2) is 0 Å². The molecule has 0 spiro atoms. The van der Waals surface area contributed by atoms with Gasteiger partial charge in [-0.3, -0.25) is 4.68 Å². The van der Waals surface area contributed by atoms with Crippen LogP contribution in [-0.4, -0.2) is 39.5 Å². The normalized spacial score (nSPS) is 15.1. The van der Waals surface area contributed by atoms with Gasteiger partial charge in [0.2, 0.25) is 0 Å². The summed E-state index contributed by atoms with van der Waals surface area (Å²) >= 11 is 0. The van der Waals surface area contributed by atoms with E-state index in [0.29, 0.717) is 6.54 Å². The lowest BCUT2D eigenvalue weighted by Gasteiger charge is -2.23. The largest absolute Gasteiger partial charge is 0.405 e. The Morgan fingerprint density at radius 2 is 2.05 bits per heavy atom. The van der Waals surface area contributed by atoms with Crippen LogP contribution in [-0.2, 0) is 13.6 Å². The number of carbonyl (C=O) groups is 1. The molecule has 1 heterocycles. The Bertz CT molecular complexity index is 534. The summed E-state index contributed by atoms with van der Waals surface area (Å²) in [5, 5.41) is 6.21. The minimum Gasteiger partial charge on any atom is -0.329 e. The van der Waals surface area contributed by atoms with Crippen LogP contribution in [0.5, 0.6) is 0 Å². The first-order valence-corrected chi connectivity index (χ1v) is 6.79. The third kappa shape index (κ3) is 3.89. The maximum absolute atomic E-state index is 12.2. The Labute approximate surface area is 121 Å². The number of carbonyl (C=O) groups excluding carboxylic acids is 1. The smallest absolute Gasteiger partial charge is 0.329 e. The van der Waals surface area contributed by atoms with Crippen molar-refractivity contribution in [3.05, 3.63) is 17.0 Å². The maximum Gasteiger partial charge on any atom is 0.405 e. The predicted octanol–water partition coefficient (Wildman–Crippen LogP) is 2.27. The van der Waals surface area contributed by atoms with Gasteiger partial charge >= 0.3 is 12.2 Å². The average Bonchev–Trinajstić information content (AvgIpc) is 3.16. The summed E-state index contributed by atoms with van der Waals surface area (Å²) in [5.41, 5.74) is 2.61. The van der Waals surface area contributed by atoms with E-state index in [1.807, 2.05) is 19.2 Å². The number of hydrogen-bond acceptors (Lipinski definition) is 2. The highest BCUT2D eigenvalue weighted by Gasteiger charge is 2.35. The van der Waals surface area contributed by atoms with Crippen molar-refractivity contribution >= 4 is 6.03 Å². The third-order valence-corrected chi connectivity index (χ3v) is 3.68. The fourth-order valence-electron chi connectivity index (χ4n) is 2.25. The second-order valence-corrected chi connectivity index (χ2v) is 5.41. The van der Waals surface area contributed by atoms with Gasteiger partial charge in [-0.05, 0) is 26.7 Å². The molecule has 1 N–H and O–H groups in total. The summed E-state index contributed by atoms with van der Waals surface area (Å²) < 4.78 is 38.3. The van der Waals surface area contributed by atoms with Crippen LogP contribution in [0.3, 0.4) is 0 Å². The molecule has 0 aliphatic heterocycles. The molecular weight excluding hydrogens is 285 g/mol. The first kappa shape index (κ1) is 15.7. The second-order valence-electron chi connectivity index (χ2n) is 5.41. The molecule has 1 saturated carbocycles. The molecule has 1 aromatic heterocycles. The van der Waals surface area contributed by atoms with Crippen LogP contribution >= 0.6 is 0 Å². The van der Waals surface area contributed by atoms with Gasteiger partial charge in [-0.15, -0.1) is 0 Å². The molecule has 2 amide bonds. The molecule has 0 bridgehead atoms. The number of aromatic nitrogens is 2. The highest BCUT2D eigenvalue weighted by atomic mass is 19.4. The summed E-state index contributed by atoms with van der Waals surface area (Å²) in [6.45, 7) is 2.70. The molecule has 0 aromatic carbocycles. The summed E-state index contributed by atoms with van der Waals surface area (Å²) in [5.74, 6) is 0. The van der Waals surface area contributed by atoms with Crippen molar-refractivity contribution in [3.8, 4) is 0 Å². The molecule has 1 aromatic rings. The van der Waals surface area contributed by atoms with E-state index in [1.54, 1.807) is 11.7 Å². The average molecular weight is 304 g/mol. The highest BCUT2D eigenvalue weighted by molar-refractivity contribution is 5.75. The van der Waals surface area contributed by atoms with E-state index in [2.05, 4.69) is 5.10 Å². The van der Waals surface area contributed by atoms with Crippen molar-refractivity contribution in [2.75, 3.05) is 6.54 Å². The van der Waals surface area contributed by atoms with E-state index in [-0.39, 0.29) is 6.04 Å². The van der Waals surface area contributed by atoms with Crippen LogP contribution in [0.25, 0.3) is 0 Å². The highest BCUT2D eigenvalue weighted by Crippen LogP contribution is 2.29. The molecule has 118 valence electrons. The van der Waals surface area contributed by atoms with Crippen LogP contribution in [0.1, 0.15) is 29.8 Å². The molecular formula is C13H19F3N4O. The Morgan fingerprint density at radius 1 is 1.43 bits per heavy atom. The SMILES string of the molecule is Cc1nn(C)c(C)c1CN(C(=O)NCC(F)(F)F)C1CC1. The quantitative estimate of drug-likeness (QED) is 0.927. The van der Waals surface area contributed by atoms with Crippen molar-refractivity contribution in [3.63, 3.8) is 0 Å². The maximum atomic E-state index is 12.2. The minimum atomic E-state index is -4.40. The number of nitrogens with one attached hydrogen (secondary N) is 1. The molecule has 1 aliphatic carbocycles. The molecule has 0 unspecified atom stereocenters. The molecule has 5 nitrogen and oxygen atoms in total. The Morgan fingerprint density at radius 3 is 2.48 bits per heavy atom. The zero-order valence-electron chi connectivity index (χ0n) is 12.3. The zero-order chi connectivity index (χ0) is 15.8. The lowest BCUT2D eigenvalue weighted by Crippen LogP contribution is -2.44. The number of halogens is 3. The first-order valence-electron chi connectivity index (χ1n) is 6.79. The molecule has 1 fully saturated rings. The van der Waals surface area contributed by atoms with E-state index in [1.165, 1.54) is 4.90 Å². The van der Waals surface area contributed by atoms with Gasteiger partial charge in [-0.2, -0.15) is 18.3 Å². The second kappa shape index (κ2) is 5.57. The van der Waals surface area contributed by atoms with Gasteiger partial charge < -0.3 is 10.2 Å². The molecule has 2 rings (SSSR count). The number of hydrogen-bond donors (Lipinski definition) is 1. The van der Waals surface area contributed by atoms with Gasteiger partial charge in [-0.1, -0.05) is 0 Å². The number of nitrogens with zero attached hydrogens (tertiary/aromatic N) is 3. The van der Waals surface area contributed by atoms with Gasteiger partial charge in [0.1, 0.15) is 6.54 Å². The van der Waals surface area contributed by atoms with Gasteiger partial charge in [0.15, 0.2) is 0 Å². The topological polar surface area (TPSA) is 50.2 Å². The molecule has 1 aliphatic rings. The van der Waals surface area contributed by atoms with Gasteiger partial charge in [0.25, 0.3) is 0 Å². The Kier molecular flexibility index (Phi) is 4.15.